The second kappa shape index (κ2) is 5.45. The van der Waals surface area contributed by atoms with Gasteiger partial charge in [-0.15, -0.1) is 0 Å². The summed E-state index contributed by atoms with van der Waals surface area (Å²) in [4.78, 5) is 2.30. The molecule has 2 aromatic carbocycles. The van der Waals surface area contributed by atoms with E-state index in [0.29, 0.717) is 5.75 Å². The lowest BCUT2D eigenvalue weighted by atomic mass is 9.94. The Morgan fingerprint density at radius 3 is 2.40 bits per heavy atom. The van der Waals surface area contributed by atoms with Crippen LogP contribution in [-0.2, 0) is 0 Å². The first-order valence-corrected chi connectivity index (χ1v) is 7.20. The summed E-state index contributed by atoms with van der Waals surface area (Å²) in [6.07, 6.45) is 0. The first kappa shape index (κ1) is 14.9. The van der Waals surface area contributed by atoms with Crippen LogP contribution in [0.15, 0.2) is 36.4 Å². The predicted octanol–water partition coefficient (Wildman–Crippen LogP) is 4.58. The maximum absolute atomic E-state index is 10.5. The van der Waals surface area contributed by atoms with Crippen LogP contribution in [-0.4, -0.2) is 23.6 Å². The summed E-state index contributed by atoms with van der Waals surface area (Å²) >= 11 is 0. The van der Waals surface area contributed by atoms with E-state index in [1.54, 1.807) is 0 Å². The zero-order valence-electron chi connectivity index (χ0n) is 13.1. The molecule has 108 valence electrons. The molecule has 0 aliphatic rings. The van der Waals surface area contributed by atoms with Gasteiger partial charge in [0.25, 0.3) is 0 Å². The highest BCUT2D eigenvalue weighted by Gasteiger charge is 2.21. The van der Waals surface area contributed by atoms with Crippen molar-refractivity contribution in [3.63, 3.8) is 0 Å². The van der Waals surface area contributed by atoms with Gasteiger partial charge in [0, 0.05) is 23.5 Å². The molecule has 1 N–H and O–H groups in total. The van der Waals surface area contributed by atoms with Gasteiger partial charge in [0.05, 0.1) is 0 Å². The predicted molar refractivity (Wildman–Crippen MR) is 86.1 cm³/mol. The van der Waals surface area contributed by atoms with E-state index in [1.807, 2.05) is 30.3 Å². The number of fused-ring (bicyclic) bond motifs is 1. The Labute approximate surface area is 122 Å². The van der Waals surface area contributed by atoms with Crippen LogP contribution in [0.4, 0.5) is 0 Å². The summed E-state index contributed by atoms with van der Waals surface area (Å²) in [5.74, 6) is 0.413. The fraction of sp³-hybridized carbons (Fsp3) is 0.444. The standard InChI is InChI=1S/C18H25NO/c1-13(19(5)12-18(2,3)4)15-11-10-14-8-6-7-9-16(14)17(15)20/h6-11,13,20H,12H2,1-5H3. The Bertz CT molecular complexity index is 598. The molecule has 0 aliphatic carbocycles. The van der Waals surface area contributed by atoms with Gasteiger partial charge < -0.3 is 5.11 Å². The quantitative estimate of drug-likeness (QED) is 0.883. The zero-order valence-corrected chi connectivity index (χ0v) is 13.1. The Morgan fingerprint density at radius 1 is 1.10 bits per heavy atom. The Balaban J connectivity index is 2.35. The van der Waals surface area contributed by atoms with E-state index >= 15 is 0 Å². The fourth-order valence-electron chi connectivity index (χ4n) is 2.73. The second-order valence-corrected chi connectivity index (χ2v) is 6.88. The van der Waals surface area contributed by atoms with Crippen LogP contribution in [0.25, 0.3) is 10.8 Å². The molecule has 1 atom stereocenters. The molecule has 2 rings (SSSR count). The Hall–Kier alpha value is -1.54. The number of hydrogen-bond donors (Lipinski definition) is 1. The van der Waals surface area contributed by atoms with Crippen LogP contribution < -0.4 is 0 Å². The zero-order chi connectivity index (χ0) is 14.9. The number of hydrogen-bond acceptors (Lipinski definition) is 2. The maximum Gasteiger partial charge on any atom is 0.128 e. The molecule has 2 aromatic rings. The van der Waals surface area contributed by atoms with Gasteiger partial charge in [0.15, 0.2) is 0 Å². The summed E-state index contributed by atoms with van der Waals surface area (Å²) in [6, 6.07) is 12.3. The third-order valence-electron chi connectivity index (χ3n) is 3.77. The van der Waals surface area contributed by atoms with E-state index in [4.69, 9.17) is 0 Å². The van der Waals surface area contributed by atoms with Crippen LogP contribution in [0.5, 0.6) is 5.75 Å². The van der Waals surface area contributed by atoms with Crippen LogP contribution in [0, 0.1) is 5.41 Å². The Kier molecular flexibility index (Phi) is 4.05. The van der Waals surface area contributed by atoms with Gasteiger partial charge in [-0.25, -0.2) is 0 Å². The molecule has 0 radical (unpaired) electrons. The maximum atomic E-state index is 10.5. The minimum atomic E-state index is 0.193. The topological polar surface area (TPSA) is 23.5 Å². The van der Waals surface area contributed by atoms with Gasteiger partial charge in [0.2, 0.25) is 0 Å². The minimum absolute atomic E-state index is 0.193. The molecule has 2 nitrogen and oxygen atoms in total. The molecule has 0 saturated heterocycles. The molecule has 0 spiro atoms. The molecule has 2 heteroatoms. The molecule has 0 aliphatic heterocycles. The summed E-state index contributed by atoms with van der Waals surface area (Å²) in [5, 5.41) is 12.6. The molecule has 20 heavy (non-hydrogen) atoms. The number of phenolic OH excluding ortho intramolecular Hbond substituents is 1. The molecular weight excluding hydrogens is 246 g/mol. The van der Waals surface area contributed by atoms with Gasteiger partial charge in [-0.1, -0.05) is 57.2 Å². The SMILES string of the molecule is CC(c1ccc2ccccc2c1O)N(C)CC(C)(C)C. The number of benzene rings is 2. The van der Waals surface area contributed by atoms with Gasteiger partial charge in [-0.3, -0.25) is 4.90 Å². The summed E-state index contributed by atoms with van der Waals surface area (Å²) in [7, 11) is 2.12. The van der Waals surface area contributed by atoms with Crippen molar-refractivity contribution in [2.45, 2.75) is 33.7 Å². The highest BCUT2D eigenvalue weighted by atomic mass is 16.3. The average Bonchev–Trinajstić information content (AvgIpc) is 2.37. The van der Waals surface area contributed by atoms with Crippen LogP contribution in [0.3, 0.4) is 0 Å². The van der Waals surface area contributed by atoms with Crippen molar-refractivity contribution >= 4 is 10.8 Å². The van der Waals surface area contributed by atoms with Gasteiger partial charge in [-0.05, 0) is 24.8 Å². The number of nitrogens with zero attached hydrogens (tertiary/aromatic N) is 1. The highest BCUT2D eigenvalue weighted by Crippen LogP contribution is 2.35. The fourth-order valence-corrected chi connectivity index (χ4v) is 2.73. The minimum Gasteiger partial charge on any atom is -0.507 e. The van der Waals surface area contributed by atoms with Gasteiger partial charge in [0.1, 0.15) is 5.75 Å². The summed E-state index contributed by atoms with van der Waals surface area (Å²) in [6.45, 7) is 9.83. The van der Waals surface area contributed by atoms with E-state index in [9.17, 15) is 5.11 Å². The van der Waals surface area contributed by atoms with Crippen molar-refractivity contribution in [2.24, 2.45) is 5.41 Å². The van der Waals surface area contributed by atoms with E-state index < -0.39 is 0 Å². The summed E-state index contributed by atoms with van der Waals surface area (Å²) in [5.41, 5.74) is 1.24. The second-order valence-electron chi connectivity index (χ2n) is 6.88. The smallest absolute Gasteiger partial charge is 0.128 e. The van der Waals surface area contributed by atoms with Crippen molar-refractivity contribution in [1.29, 1.82) is 0 Å². The van der Waals surface area contributed by atoms with E-state index in [0.717, 1.165) is 22.9 Å². The largest absolute Gasteiger partial charge is 0.507 e. The summed E-state index contributed by atoms with van der Waals surface area (Å²) < 4.78 is 0. The van der Waals surface area contributed by atoms with Crippen molar-refractivity contribution in [1.82, 2.24) is 4.90 Å². The Morgan fingerprint density at radius 2 is 1.75 bits per heavy atom. The van der Waals surface area contributed by atoms with Crippen LogP contribution in [0.2, 0.25) is 0 Å². The lowest BCUT2D eigenvalue weighted by Gasteiger charge is -2.32. The first-order chi connectivity index (χ1) is 9.29. The van der Waals surface area contributed by atoms with E-state index in [1.165, 1.54) is 0 Å². The number of aromatic hydroxyl groups is 1. The lowest BCUT2D eigenvalue weighted by Crippen LogP contribution is -2.31. The van der Waals surface area contributed by atoms with Gasteiger partial charge >= 0.3 is 0 Å². The molecular formula is C18H25NO. The molecule has 0 aromatic heterocycles. The third kappa shape index (κ3) is 3.13. The normalized spacial score (nSPS) is 13.9. The molecule has 0 saturated carbocycles. The lowest BCUT2D eigenvalue weighted by molar-refractivity contribution is 0.180. The molecule has 0 amide bonds. The third-order valence-corrected chi connectivity index (χ3v) is 3.77. The van der Waals surface area contributed by atoms with Crippen molar-refractivity contribution in [3.8, 4) is 5.75 Å². The van der Waals surface area contributed by atoms with E-state index in [-0.39, 0.29) is 11.5 Å². The van der Waals surface area contributed by atoms with Crippen molar-refractivity contribution in [2.75, 3.05) is 13.6 Å². The molecule has 0 heterocycles. The number of phenols is 1. The van der Waals surface area contributed by atoms with E-state index in [2.05, 4.69) is 45.7 Å². The highest BCUT2D eigenvalue weighted by molar-refractivity contribution is 5.89. The number of rotatable bonds is 3. The van der Waals surface area contributed by atoms with Crippen molar-refractivity contribution < 1.29 is 5.11 Å². The monoisotopic (exact) mass is 271 g/mol. The molecule has 0 fully saturated rings. The average molecular weight is 271 g/mol. The van der Waals surface area contributed by atoms with Gasteiger partial charge in [-0.2, -0.15) is 0 Å². The van der Waals surface area contributed by atoms with Crippen LogP contribution in [0.1, 0.15) is 39.3 Å². The molecule has 1 unspecified atom stereocenters. The first-order valence-electron chi connectivity index (χ1n) is 7.20. The van der Waals surface area contributed by atoms with Crippen LogP contribution >= 0.6 is 0 Å². The molecule has 0 bridgehead atoms. The van der Waals surface area contributed by atoms with Crippen molar-refractivity contribution in [3.05, 3.63) is 42.0 Å².